The molecule has 3 amide bonds. The molecule has 0 unspecified atom stereocenters. The molecule has 2 aliphatic rings. The first-order valence-corrected chi connectivity index (χ1v) is 15.4. The maximum absolute atomic E-state index is 14.1. The third-order valence-electron chi connectivity index (χ3n) is 7.75. The van der Waals surface area contributed by atoms with E-state index in [1.165, 1.54) is 23.7 Å². The van der Waals surface area contributed by atoms with Gasteiger partial charge in [-0.05, 0) is 66.6 Å². The van der Waals surface area contributed by atoms with Gasteiger partial charge in [-0.1, -0.05) is 41.3 Å². The fraction of sp³-hybridized carbons (Fsp3) is 0.250. The van der Waals surface area contributed by atoms with Crippen molar-refractivity contribution < 1.29 is 28.6 Å². The van der Waals surface area contributed by atoms with Crippen LogP contribution in [0.15, 0.2) is 76.6 Å². The Hall–Kier alpha value is -4.55. The number of aromatic nitrogens is 1. The lowest BCUT2D eigenvalue weighted by molar-refractivity contribution is -0.122. The smallest absolute Gasteiger partial charge is 0.308 e. The summed E-state index contributed by atoms with van der Waals surface area (Å²) in [5.41, 5.74) is 2.72. The molecule has 1 N–H and O–H groups in total. The van der Waals surface area contributed by atoms with Crippen LogP contribution in [0.25, 0.3) is 0 Å². The summed E-state index contributed by atoms with van der Waals surface area (Å²) in [7, 11) is 4.59. The van der Waals surface area contributed by atoms with E-state index in [1.807, 2.05) is 31.2 Å². The number of hydrogen-bond acceptors (Lipinski definition) is 9. The normalized spacial score (nSPS) is 18.9. The molecule has 1 fully saturated rings. The molecule has 3 heterocycles. The maximum Gasteiger partial charge on any atom is 0.308 e. The minimum Gasteiger partial charge on any atom is -0.497 e. The lowest BCUT2D eigenvalue weighted by atomic mass is 9.83. The van der Waals surface area contributed by atoms with E-state index >= 15 is 0 Å². The molecule has 0 spiro atoms. The van der Waals surface area contributed by atoms with Gasteiger partial charge in [-0.3, -0.25) is 23.7 Å². The molecular formula is C32H29N3O7S2. The lowest BCUT2D eigenvalue weighted by Gasteiger charge is -2.31. The number of nitrogens with zero attached hydrogens (tertiary/aromatic N) is 2. The number of hydrogen-bond donors (Lipinski definition) is 1. The Morgan fingerprint density at radius 3 is 2.32 bits per heavy atom. The molecule has 1 saturated heterocycles. The first-order chi connectivity index (χ1) is 21.2. The Labute approximate surface area is 261 Å². The summed E-state index contributed by atoms with van der Waals surface area (Å²) >= 11 is 2.14. The second kappa shape index (κ2) is 11.9. The number of ether oxygens (including phenoxy) is 3. The molecule has 3 aromatic carbocycles. The van der Waals surface area contributed by atoms with Gasteiger partial charge in [0.25, 0.3) is 0 Å². The molecule has 0 radical (unpaired) electrons. The van der Waals surface area contributed by atoms with E-state index in [0.717, 1.165) is 28.7 Å². The predicted octanol–water partition coefficient (Wildman–Crippen LogP) is 4.68. The molecule has 226 valence electrons. The Balaban J connectivity index is 1.43. The maximum atomic E-state index is 14.1. The van der Waals surface area contributed by atoms with E-state index in [9.17, 15) is 19.2 Å². The van der Waals surface area contributed by atoms with Gasteiger partial charge in [-0.2, -0.15) is 0 Å². The Bertz CT molecular complexity index is 1830. The van der Waals surface area contributed by atoms with Gasteiger partial charge in [0.1, 0.15) is 17.5 Å². The van der Waals surface area contributed by atoms with Crippen LogP contribution in [-0.2, 0) is 20.9 Å². The number of fused-ring (bicyclic) bond motifs is 2. The van der Waals surface area contributed by atoms with Gasteiger partial charge in [0.15, 0.2) is 11.5 Å². The summed E-state index contributed by atoms with van der Waals surface area (Å²) < 4.78 is 17.6. The highest BCUT2D eigenvalue weighted by atomic mass is 32.2. The number of aryl methyl sites for hydroxylation is 1. The summed E-state index contributed by atoms with van der Waals surface area (Å²) in [6.07, 6.45) is 0. The van der Waals surface area contributed by atoms with Crippen molar-refractivity contribution in [1.29, 1.82) is 0 Å². The second-order valence-corrected chi connectivity index (χ2v) is 12.5. The van der Waals surface area contributed by atoms with E-state index in [0.29, 0.717) is 44.1 Å². The number of carbonyl (C=O) groups is 3. The van der Waals surface area contributed by atoms with Crippen molar-refractivity contribution >= 4 is 52.2 Å². The van der Waals surface area contributed by atoms with Crippen LogP contribution in [0.3, 0.4) is 0 Å². The van der Waals surface area contributed by atoms with E-state index in [1.54, 1.807) is 49.6 Å². The molecule has 12 heteroatoms. The minimum absolute atomic E-state index is 0.244. The van der Waals surface area contributed by atoms with Crippen molar-refractivity contribution in [3.8, 4) is 17.2 Å². The average molecular weight is 632 g/mol. The van der Waals surface area contributed by atoms with Crippen LogP contribution < -0.4 is 29.3 Å². The summed E-state index contributed by atoms with van der Waals surface area (Å²) in [5, 5.41) is 2.53. The van der Waals surface area contributed by atoms with Gasteiger partial charge in [0, 0.05) is 16.5 Å². The number of thiazole rings is 1. The van der Waals surface area contributed by atoms with E-state index in [-0.39, 0.29) is 29.1 Å². The summed E-state index contributed by atoms with van der Waals surface area (Å²) in [6.45, 7) is 1.68. The highest BCUT2D eigenvalue weighted by molar-refractivity contribution is 8.00. The van der Waals surface area contributed by atoms with Crippen LogP contribution >= 0.6 is 23.1 Å². The number of carbonyl (C=O) groups excluding carboxylic acids is 3. The zero-order chi connectivity index (χ0) is 31.1. The summed E-state index contributed by atoms with van der Waals surface area (Å²) in [4.78, 5) is 56.1. The Morgan fingerprint density at radius 2 is 1.64 bits per heavy atom. The Kier molecular flexibility index (Phi) is 7.95. The average Bonchev–Trinajstić information content (AvgIpc) is 3.46. The lowest BCUT2D eigenvalue weighted by Crippen LogP contribution is -2.33. The molecule has 1 aromatic heterocycles. The molecule has 44 heavy (non-hydrogen) atoms. The molecule has 6 rings (SSSR count). The number of benzene rings is 3. The number of anilines is 2. The molecular weight excluding hydrogens is 603 g/mol. The van der Waals surface area contributed by atoms with Gasteiger partial charge >= 0.3 is 4.87 Å². The highest BCUT2D eigenvalue weighted by Crippen LogP contribution is 2.54. The van der Waals surface area contributed by atoms with Crippen molar-refractivity contribution in [2.45, 2.75) is 29.7 Å². The first kappa shape index (κ1) is 29.5. The van der Waals surface area contributed by atoms with Crippen molar-refractivity contribution in [3.63, 3.8) is 0 Å². The second-order valence-electron chi connectivity index (χ2n) is 10.4. The molecule has 4 aromatic rings. The van der Waals surface area contributed by atoms with Crippen LogP contribution in [0.4, 0.5) is 11.4 Å². The third kappa shape index (κ3) is 5.13. The van der Waals surface area contributed by atoms with Crippen molar-refractivity contribution in [2.24, 2.45) is 5.92 Å². The fourth-order valence-electron chi connectivity index (χ4n) is 5.71. The SMILES string of the molecule is COc1ccc(N2C(=O)[C@H]3[C@H](c4ccc(OC)c(OC)c4)c4sc(=O)n(CC(=O)Nc5cccc(C)c5)c4S[C@H]3C2=O)cc1. The number of imide groups is 1. The monoisotopic (exact) mass is 631 g/mol. The van der Waals surface area contributed by atoms with Crippen molar-refractivity contribution in [2.75, 3.05) is 31.5 Å². The topological polar surface area (TPSA) is 116 Å². The number of rotatable bonds is 8. The van der Waals surface area contributed by atoms with Crippen LogP contribution in [0.1, 0.15) is 21.9 Å². The molecule has 3 atom stereocenters. The van der Waals surface area contributed by atoms with E-state index in [4.69, 9.17) is 14.2 Å². The number of thioether (sulfide) groups is 1. The third-order valence-corrected chi connectivity index (χ3v) is 10.4. The van der Waals surface area contributed by atoms with Crippen LogP contribution in [0, 0.1) is 12.8 Å². The first-order valence-electron chi connectivity index (χ1n) is 13.7. The molecule has 10 nitrogen and oxygen atoms in total. The molecule has 0 bridgehead atoms. The van der Waals surface area contributed by atoms with Crippen molar-refractivity contribution in [3.05, 3.63) is 92.4 Å². The quantitative estimate of drug-likeness (QED) is 0.279. The number of amides is 3. The standard InChI is InChI=1S/C32H29N3O7S2/c1-17-6-5-7-19(14-17)33-24(36)16-34-31-28(44-32(34)39)25(18-8-13-22(41-3)23(15-18)42-4)26-27(43-31)30(38)35(29(26)37)20-9-11-21(40-2)12-10-20/h5-15,25-27H,16H2,1-4H3,(H,33,36)/t25-,26-,27+/m0/s1. The zero-order valence-electron chi connectivity index (χ0n) is 24.4. The van der Waals surface area contributed by atoms with Gasteiger partial charge in [0.05, 0.1) is 38.0 Å². The largest absolute Gasteiger partial charge is 0.497 e. The molecule has 2 aliphatic heterocycles. The summed E-state index contributed by atoms with van der Waals surface area (Å²) in [6, 6.07) is 19.4. The van der Waals surface area contributed by atoms with Crippen molar-refractivity contribution in [1.82, 2.24) is 4.57 Å². The van der Waals surface area contributed by atoms with Crippen LogP contribution in [-0.4, -0.2) is 48.9 Å². The summed E-state index contributed by atoms with van der Waals surface area (Å²) in [5.74, 6) is -1.02. The number of nitrogens with one attached hydrogen (secondary N) is 1. The van der Waals surface area contributed by atoms with Gasteiger partial charge in [-0.15, -0.1) is 0 Å². The van der Waals surface area contributed by atoms with E-state index in [2.05, 4.69) is 5.32 Å². The fourth-order valence-corrected chi connectivity index (χ4v) is 8.49. The van der Waals surface area contributed by atoms with Gasteiger partial charge in [0.2, 0.25) is 17.7 Å². The molecule has 0 saturated carbocycles. The Morgan fingerprint density at radius 1 is 0.886 bits per heavy atom. The van der Waals surface area contributed by atoms with E-state index < -0.39 is 17.1 Å². The predicted molar refractivity (Wildman–Crippen MR) is 168 cm³/mol. The molecule has 0 aliphatic carbocycles. The van der Waals surface area contributed by atoms with Crippen LogP contribution in [0.2, 0.25) is 0 Å². The van der Waals surface area contributed by atoms with Crippen LogP contribution in [0.5, 0.6) is 17.2 Å². The van der Waals surface area contributed by atoms with Gasteiger partial charge in [-0.25, -0.2) is 4.90 Å². The zero-order valence-corrected chi connectivity index (χ0v) is 26.0. The highest BCUT2D eigenvalue weighted by Gasteiger charge is 2.57. The minimum atomic E-state index is -0.824. The van der Waals surface area contributed by atoms with Gasteiger partial charge < -0.3 is 19.5 Å². The number of methoxy groups -OCH3 is 3.